The number of benzene rings is 2. The zero-order valence-electron chi connectivity index (χ0n) is 17.0. The van der Waals surface area contributed by atoms with Crippen LogP contribution in [0.3, 0.4) is 0 Å². The molecule has 8 heteroatoms. The van der Waals surface area contributed by atoms with E-state index in [0.29, 0.717) is 16.3 Å². The molecule has 0 aliphatic rings. The number of hydrogen-bond donors (Lipinski definition) is 1. The number of carbonyl (C=O) groups is 2. The Morgan fingerprint density at radius 2 is 1.71 bits per heavy atom. The molecule has 0 aliphatic heterocycles. The first-order valence-corrected chi connectivity index (χ1v) is 10.1. The van der Waals surface area contributed by atoms with Gasteiger partial charge in [-0.2, -0.15) is 5.10 Å². The Balaban J connectivity index is 1.51. The van der Waals surface area contributed by atoms with E-state index in [-0.39, 0.29) is 43.2 Å². The summed E-state index contributed by atoms with van der Waals surface area (Å²) in [7, 11) is 1.59. The zero-order chi connectivity index (χ0) is 22.2. The van der Waals surface area contributed by atoms with Gasteiger partial charge >= 0.3 is 0 Å². The largest absolute Gasteiger partial charge is 0.497 e. The van der Waals surface area contributed by atoms with Crippen LogP contribution < -0.4 is 15.6 Å². The maximum Gasteiger partial charge on any atom is 0.266 e. The molecule has 1 aromatic heterocycles. The summed E-state index contributed by atoms with van der Waals surface area (Å²) in [5.41, 5.74) is 1.74. The number of ether oxygens (including phenoxy) is 1. The predicted octanol–water partition coefficient (Wildman–Crippen LogP) is 3.35. The third-order valence-electron chi connectivity index (χ3n) is 4.64. The molecule has 160 valence electrons. The number of amides is 1. The molecule has 0 saturated heterocycles. The van der Waals surface area contributed by atoms with Crippen molar-refractivity contribution in [2.75, 3.05) is 13.7 Å². The molecule has 0 aliphatic carbocycles. The standard InChI is InChI=1S/C23H22ClN3O4/c1-31-19-8-4-16(5-9-19)20-10-13-23(30)27(26-20)15-14-25-22(29)12-11-21(28)17-2-6-18(24)7-3-17/h2-10,13H,11-12,14-15H2,1H3,(H,25,29). The normalized spacial score (nSPS) is 10.5. The lowest BCUT2D eigenvalue weighted by Gasteiger charge is -2.09. The van der Waals surface area contributed by atoms with Crippen molar-refractivity contribution < 1.29 is 14.3 Å². The summed E-state index contributed by atoms with van der Waals surface area (Å²) in [4.78, 5) is 36.3. The van der Waals surface area contributed by atoms with Crippen LogP contribution in [0.15, 0.2) is 65.5 Å². The van der Waals surface area contributed by atoms with Gasteiger partial charge in [0.05, 0.1) is 19.3 Å². The second-order valence-electron chi connectivity index (χ2n) is 6.79. The molecule has 31 heavy (non-hydrogen) atoms. The van der Waals surface area contributed by atoms with E-state index in [1.54, 1.807) is 37.4 Å². The van der Waals surface area contributed by atoms with Crippen LogP contribution in [0.5, 0.6) is 5.75 Å². The van der Waals surface area contributed by atoms with Crippen LogP contribution >= 0.6 is 11.6 Å². The highest BCUT2D eigenvalue weighted by molar-refractivity contribution is 6.30. The minimum absolute atomic E-state index is 0.0652. The third kappa shape index (κ3) is 6.26. The van der Waals surface area contributed by atoms with Gasteiger partial charge in [0.1, 0.15) is 5.75 Å². The van der Waals surface area contributed by atoms with E-state index in [1.165, 1.54) is 10.7 Å². The fourth-order valence-corrected chi connectivity index (χ4v) is 3.05. The summed E-state index contributed by atoms with van der Waals surface area (Å²) in [6.07, 6.45) is 0.161. The lowest BCUT2D eigenvalue weighted by molar-refractivity contribution is -0.121. The molecular weight excluding hydrogens is 418 g/mol. The molecule has 3 aromatic rings. The second kappa shape index (κ2) is 10.5. The zero-order valence-corrected chi connectivity index (χ0v) is 17.8. The average Bonchev–Trinajstić information content (AvgIpc) is 2.79. The first-order chi connectivity index (χ1) is 15.0. The second-order valence-corrected chi connectivity index (χ2v) is 7.22. The quantitative estimate of drug-likeness (QED) is 0.516. The first-order valence-electron chi connectivity index (χ1n) is 9.74. The fraction of sp³-hybridized carbons (Fsp3) is 0.217. The van der Waals surface area contributed by atoms with Gasteiger partial charge in [-0.3, -0.25) is 14.4 Å². The van der Waals surface area contributed by atoms with Gasteiger partial charge in [-0.15, -0.1) is 0 Å². The maximum absolute atomic E-state index is 12.1. The van der Waals surface area contributed by atoms with Gasteiger partial charge in [-0.05, 0) is 54.6 Å². The molecule has 2 aromatic carbocycles. The van der Waals surface area contributed by atoms with Crippen molar-refractivity contribution >= 4 is 23.3 Å². The topological polar surface area (TPSA) is 90.3 Å². The molecule has 7 nitrogen and oxygen atoms in total. The van der Waals surface area contributed by atoms with Crippen LogP contribution in [0, 0.1) is 0 Å². The van der Waals surface area contributed by atoms with Gasteiger partial charge < -0.3 is 10.1 Å². The number of rotatable bonds is 9. The third-order valence-corrected chi connectivity index (χ3v) is 4.90. The highest BCUT2D eigenvalue weighted by atomic mass is 35.5. The molecule has 1 amide bonds. The Labute approximate surface area is 184 Å². The average molecular weight is 440 g/mol. The van der Waals surface area contributed by atoms with E-state index in [2.05, 4.69) is 10.4 Å². The smallest absolute Gasteiger partial charge is 0.266 e. The molecule has 3 rings (SSSR count). The number of nitrogens with zero attached hydrogens (tertiary/aromatic N) is 2. The minimum atomic E-state index is -0.262. The highest BCUT2D eigenvalue weighted by Gasteiger charge is 2.10. The lowest BCUT2D eigenvalue weighted by Crippen LogP contribution is -2.32. The van der Waals surface area contributed by atoms with Gasteiger partial charge in [-0.25, -0.2) is 4.68 Å². The van der Waals surface area contributed by atoms with Crippen molar-refractivity contribution in [3.8, 4) is 17.0 Å². The Hall–Kier alpha value is -3.45. The Morgan fingerprint density at radius 3 is 2.39 bits per heavy atom. The number of carbonyl (C=O) groups excluding carboxylic acids is 2. The summed E-state index contributed by atoms with van der Waals surface area (Å²) in [6.45, 7) is 0.451. The van der Waals surface area contributed by atoms with Crippen LogP contribution in [0.2, 0.25) is 5.02 Å². The Bertz CT molecular complexity index is 1110. The van der Waals surface area contributed by atoms with E-state index >= 15 is 0 Å². The van der Waals surface area contributed by atoms with E-state index < -0.39 is 0 Å². The number of hydrogen-bond acceptors (Lipinski definition) is 5. The number of aromatic nitrogens is 2. The van der Waals surface area contributed by atoms with Gasteiger partial charge in [0, 0.05) is 41.6 Å². The molecule has 0 atom stereocenters. The van der Waals surface area contributed by atoms with Crippen molar-refractivity contribution in [2.24, 2.45) is 0 Å². The molecule has 0 bridgehead atoms. The summed E-state index contributed by atoms with van der Waals surface area (Å²) < 4.78 is 6.45. The first kappa shape index (κ1) is 22.2. The molecular formula is C23H22ClN3O4. The van der Waals surface area contributed by atoms with E-state index in [1.807, 2.05) is 24.3 Å². The summed E-state index contributed by atoms with van der Waals surface area (Å²) in [5, 5.41) is 7.63. The molecule has 0 spiro atoms. The van der Waals surface area contributed by atoms with Gasteiger partial charge in [-0.1, -0.05) is 11.6 Å². The van der Waals surface area contributed by atoms with Gasteiger partial charge in [0.2, 0.25) is 5.91 Å². The van der Waals surface area contributed by atoms with Crippen molar-refractivity contribution in [1.29, 1.82) is 0 Å². The number of methoxy groups -OCH3 is 1. The van der Waals surface area contributed by atoms with Crippen molar-refractivity contribution in [1.82, 2.24) is 15.1 Å². The van der Waals surface area contributed by atoms with Crippen LogP contribution in [-0.4, -0.2) is 35.1 Å². The van der Waals surface area contributed by atoms with Crippen LogP contribution in [0.1, 0.15) is 23.2 Å². The summed E-state index contributed by atoms with van der Waals surface area (Å²) in [5.74, 6) is 0.341. The van der Waals surface area contributed by atoms with E-state index in [4.69, 9.17) is 16.3 Å². The van der Waals surface area contributed by atoms with Crippen molar-refractivity contribution in [3.63, 3.8) is 0 Å². The number of halogens is 1. The number of nitrogens with one attached hydrogen (secondary N) is 1. The van der Waals surface area contributed by atoms with Crippen LogP contribution in [0.25, 0.3) is 11.3 Å². The molecule has 0 unspecified atom stereocenters. The molecule has 0 saturated carbocycles. The summed E-state index contributed by atoms with van der Waals surface area (Å²) >= 11 is 5.81. The van der Waals surface area contributed by atoms with Crippen LogP contribution in [-0.2, 0) is 11.3 Å². The fourth-order valence-electron chi connectivity index (χ4n) is 2.92. The van der Waals surface area contributed by atoms with Crippen molar-refractivity contribution in [2.45, 2.75) is 19.4 Å². The predicted molar refractivity (Wildman–Crippen MR) is 119 cm³/mol. The Morgan fingerprint density at radius 1 is 1.00 bits per heavy atom. The maximum atomic E-state index is 12.1. The minimum Gasteiger partial charge on any atom is -0.497 e. The molecule has 1 N–H and O–H groups in total. The SMILES string of the molecule is COc1ccc(-c2ccc(=O)n(CCNC(=O)CCC(=O)c3ccc(Cl)cc3)n2)cc1. The highest BCUT2D eigenvalue weighted by Crippen LogP contribution is 2.19. The lowest BCUT2D eigenvalue weighted by atomic mass is 10.1. The van der Waals surface area contributed by atoms with E-state index in [9.17, 15) is 14.4 Å². The Kier molecular flexibility index (Phi) is 7.56. The van der Waals surface area contributed by atoms with Gasteiger partial charge in [0.25, 0.3) is 5.56 Å². The molecule has 0 fully saturated rings. The monoisotopic (exact) mass is 439 g/mol. The number of Topliss-reactive ketones (excluding diaryl/α,β-unsaturated/α-hetero) is 1. The van der Waals surface area contributed by atoms with Crippen LogP contribution in [0.4, 0.5) is 0 Å². The molecule has 1 heterocycles. The number of ketones is 1. The van der Waals surface area contributed by atoms with Gasteiger partial charge in [0.15, 0.2) is 5.78 Å². The molecule has 0 radical (unpaired) electrons. The summed E-state index contributed by atoms with van der Waals surface area (Å²) in [6, 6.07) is 17.0. The van der Waals surface area contributed by atoms with E-state index in [0.717, 1.165) is 11.3 Å². The van der Waals surface area contributed by atoms with Crippen molar-refractivity contribution in [3.05, 3.63) is 81.6 Å².